The van der Waals surface area contributed by atoms with Gasteiger partial charge in [-0.25, -0.2) is 4.79 Å². The van der Waals surface area contributed by atoms with Gasteiger partial charge in [0.05, 0.1) is 5.57 Å². The summed E-state index contributed by atoms with van der Waals surface area (Å²) in [5.41, 5.74) is 4.84. The highest BCUT2D eigenvalue weighted by Gasteiger charge is 2.41. The number of ketones is 1. The Balaban J connectivity index is 1.70. The van der Waals surface area contributed by atoms with Crippen molar-refractivity contribution in [3.8, 4) is 0 Å². The van der Waals surface area contributed by atoms with E-state index in [2.05, 4.69) is 24.4 Å². The van der Waals surface area contributed by atoms with Crippen molar-refractivity contribution in [3.63, 3.8) is 0 Å². The number of thioether (sulfide) groups is 1. The number of nitrogens with one attached hydrogen (secondary N) is 1. The lowest BCUT2D eigenvalue weighted by Crippen LogP contribution is -2.36. The molecule has 172 valence electrons. The molecule has 1 aliphatic carbocycles. The smallest absolute Gasteiger partial charge is 0.336 e. The standard InChI is InChI=1S/C27H28ClNO3S/c1-3-33-14-13-32-27(31)24-17(2)29-22-15-20(18-7-5-4-6-8-18)16-23(30)26(22)25(24)19-9-11-21(28)12-10-19/h4-12,20,25,29H,3,13-16H2,1-2H3. The topological polar surface area (TPSA) is 55.4 Å². The van der Waals surface area contributed by atoms with Gasteiger partial charge in [-0.3, -0.25) is 4.79 Å². The Bertz CT molecular complexity index is 1090. The number of carbonyl (C=O) groups excluding carboxylic acids is 2. The number of esters is 1. The van der Waals surface area contributed by atoms with Crippen molar-refractivity contribution < 1.29 is 14.3 Å². The van der Waals surface area contributed by atoms with Crippen LogP contribution in [-0.4, -0.2) is 29.9 Å². The van der Waals surface area contributed by atoms with Crippen molar-refractivity contribution in [2.45, 2.75) is 38.5 Å². The number of ether oxygens (including phenoxy) is 1. The van der Waals surface area contributed by atoms with Gasteiger partial charge in [0.2, 0.25) is 0 Å². The summed E-state index contributed by atoms with van der Waals surface area (Å²) in [4.78, 5) is 26.7. The van der Waals surface area contributed by atoms with E-state index in [4.69, 9.17) is 16.3 Å². The highest BCUT2D eigenvalue weighted by Crippen LogP contribution is 2.45. The molecular formula is C27H28ClNO3S. The second-order valence-electron chi connectivity index (χ2n) is 8.31. The summed E-state index contributed by atoms with van der Waals surface area (Å²) in [5, 5.41) is 4.01. The van der Waals surface area contributed by atoms with Crippen LogP contribution in [0, 0.1) is 0 Å². The fourth-order valence-electron chi connectivity index (χ4n) is 4.67. The molecule has 0 saturated carbocycles. The largest absolute Gasteiger partial charge is 0.461 e. The average molecular weight is 482 g/mol. The highest BCUT2D eigenvalue weighted by atomic mass is 35.5. The summed E-state index contributed by atoms with van der Waals surface area (Å²) < 4.78 is 5.62. The number of dihydropyridines is 1. The molecule has 2 unspecified atom stereocenters. The molecule has 0 spiro atoms. The van der Waals surface area contributed by atoms with Crippen LogP contribution in [0.5, 0.6) is 0 Å². The van der Waals surface area contributed by atoms with E-state index in [9.17, 15) is 9.59 Å². The first-order chi connectivity index (χ1) is 16.0. The van der Waals surface area contributed by atoms with E-state index in [1.54, 1.807) is 23.9 Å². The zero-order chi connectivity index (χ0) is 23.4. The lowest BCUT2D eigenvalue weighted by Gasteiger charge is -2.36. The molecule has 0 fully saturated rings. The van der Waals surface area contributed by atoms with Crippen LogP contribution in [0.2, 0.25) is 5.02 Å². The quantitative estimate of drug-likeness (QED) is 0.388. The molecule has 0 amide bonds. The molecule has 33 heavy (non-hydrogen) atoms. The molecule has 1 heterocycles. The Kier molecular flexibility index (Phi) is 7.61. The van der Waals surface area contributed by atoms with Crippen molar-refractivity contribution in [2.24, 2.45) is 0 Å². The van der Waals surface area contributed by atoms with Crippen LogP contribution in [0.1, 0.15) is 49.7 Å². The lowest BCUT2D eigenvalue weighted by molar-refractivity contribution is -0.138. The number of benzene rings is 2. The van der Waals surface area contributed by atoms with E-state index in [0.717, 1.165) is 40.4 Å². The Hall–Kier alpha value is -2.50. The first-order valence-corrected chi connectivity index (χ1v) is 12.8. The van der Waals surface area contributed by atoms with Crippen LogP contribution in [0.15, 0.2) is 77.1 Å². The number of allylic oxidation sites excluding steroid dienone is 3. The van der Waals surface area contributed by atoms with Gasteiger partial charge in [0.1, 0.15) is 6.61 Å². The molecule has 1 N–H and O–H groups in total. The Morgan fingerprint density at radius 2 is 1.82 bits per heavy atom. The van der Waals surface area contributed by atoms with Crippen LogP contribution < -0.4 is 5.32 Å². The third-order valence-corrected chi connectivity index (χ3v) is 7.30. The summed E-state index contributed by atoms with van der Waals surface area (Å²) in [5.74, 6) is 1.07. The number of Topliss-reactive ketones (excluding diaryl/α,β-unsaturated/α-hetero) is 1. The summed E-state index contributed by atoms with van der Waals surface area (Å²) in [6, 6.07) is 17.5. The van der Waals surface area contributed by atoms with Crippen molar-refractivity contribution >= 4 is 35.1 Å². The second kappa shape index (κ2) is 10.6. The first-order valence-electron chi connectivity index (χ1n) is 11.3. The van der Waals surface area contributed by atoms with Gasteiger partial charge in [-0.2, -0.15) is 11.8 Å². The zero-order valence-electron chi connectivity index (χ0n) is 18.9. The molecule has 2 aromatic rings. The average Bonchev–Trinajstić information content (AvgIpc) is 2.82. The summed E-state index contributed by atoms with van der Waals surface area (Å²) in [7, 11) is 0. The van der Waals surface area contributed by atoms with Gasteiger partial charge in [-0.1, -0.05) is 61.0 Å². The van der Waals surface area contributed by atoms with Crippen LogP contribution in [0.25, 0.3) is 0 Å². The van der Waals surface area contributed by atoms with Crippen molar-refractivity contribution in [1.29, 1.82) is 0 Å². The molecule has 4 rings (SSSR count). The van der Waals surface area contributed by atoms with Gasteiger partial charge < -0.3 is 10.1 Å². The minimum absolute atomic E-state index is 0.0666. The molecule has 2 aromatic carbocycles. The minimum Gasteiger partial charge on any atom is -0.461 e. The molecule has 1 aliphatic heterocycles. The molecule has 0 aromatic heterocycles. The summed E-state index contributed by atoms with van der Waals surface area (Å²) in [6.07, 6.45) is 1.14. The molecule has 0 radical (unpaired) electrons. The normalized spacial score (nSPS) is 20.4. The van der Waals surface area contributed by atoms with Gasteiger partial charge in [0.25, 0.3) is 0 Å². The predicted molar refractivity (Wildman–Crippen MR) is 134 cm³/mol. The Labute approximate surface area is 204 Å². The van der Waals surface area contributed by atoms with Gasteiger partial charge in [-0.05, 0) is 48.3 Å². The molecule has 4 nitrogen and oxygen atoms in total. The van der Waals surface area contributed by atoms with E-state index in [1.807, 2.05) is 37.3 Å². The zero-order valence-corrected chi connectivity index (χ0v) is 20.5. The van der Waals surface area contributed by atoms with E-state index in [1.165, 1.54) is 0 Å². The first kappa shape index (κ1) is 23.7. The van der Waals surface area contributed by atoms with Crippen LogP contribution >= 0.6 is 23.4 Å². The number of rotatable bonds is 7. The van der Waals surface area contributed by atoms with Crippen molar-refractivity contribution in [3.05, 3.63) is 93.3 Å². The third kappa shape index (κ3) is 5.20. The number of halogens is 1. The summed E-state index contributed by atoms with van der Waals surface area (Å²) in [6.45, 7) is 4.31. The monoisotopic (exact) mass is 481 g/mol. The molecule has 2 aliphatic rings. The third-order valence-electron chi connectivity index (χ3n) is 6.19. The lowest BCUT2D eigenvalue weighted by atomic mass is 9.72. The SMILES string of the molecule is CCSCCOC(=O)C1=C(C)NC2=C(C(=O)CC(c3ccccc3)C2)C1c1ccc(Cl)cc1. The highest BCUT2D eigenvalue weighted by molar-refractivity contribution is 7.99. The van der Waals surface area contributed by atoms with Gasteiger partial charge in [-0.15, -0.1) is 0 Å². The molecule has 2 atom stereocenters. The van der Waals surface area contributed by atoms with E-state index in [-0.39, 0.29) is 17.7 Å². The maximum absolute atomic E-state index is 13.5. The maximum atomic E-state index is 13.5. The van der Waals surface area contributed by atoms with Crippen LogP contribution in [0.3, 0.4) is 0 Å². The fraction of sp³-hybridized carbons (Fsp3) is 0.333. The van der Waals surface area contributed by atoms with Crippen LogP contribution in [-0.2, 0) is 14.3 Å². The number of hydrogen-bond donors (Lipinski definition) is 1. The molecule has 0 saturated heterocycles. The Morgan fingerprint density at radius 1 is 1.09 bits per heavy atom. The van der Waals surface area contributed by atoms with Crippen molar-refractivity contribution in [2.75, 3.05) is 18.1 Å². The molecule has 6 heteroatoms. The fourth-order valence-corrected chi connectivity index (χ4v) is 5.29. The molecular weight excluding hydrogens is 454 g/mol. The number of carbonyl (C=O) groups is 2. The molecule has 0 bridgehead atoms. The number of hydrogen-bond acceptors (Lipinski definition) is 5. The summed E-state index contributed by atoms with van der Waals surface area (Å²) >= 11 is 7.86. The Morgan fingerprint density at radius 3 is 2.52 bits per heavy atom. The van der Waals surface area contributed by atoms with Crippen LogP contribution in [0.4, 0.5) is 0 Å². The van der Waals surface area contributed by atoms with Gasteiger partial charge in [0.15, 0.2) is 5.78 Å². The van der Waals surface area contributed by atoms with E-state index < -0.39 is 5.92 Å². The second-order valence-corrected chi connectivity index (χ2v) is 10.1. The predicted octanol–water partition coefficient (Wildman–Crippen LogP) is 6.00. The minimum atomic E-state index is -0.464. The van der Waals surface area contributed by atoms with Crippen molar-refractivity contribution in [1.82, 2.24) is 5.32 Å². The van der Waals surface area contributed by atoms with Gasteiger partial charge in [0, 0.05) is 40.1 Å². The van der Waals surface area contributed by atoms with E-state index in [0.29, 0.717) is 29.2 Å². The maximum Gasteiger partial charge on any atom is 0.336 e. The van der Waals surface area contributed by atoms with E-state index >= 15 is 0 Å². The van der Waals surface area contributed by atoms with Gasteiger partial charge >= 0.3 is 5.97 Å².